The van der Waals surface area contributed by atoms with Crippen molar-refractivity contribution in [1.29, 1.82) is 0 Å². The third kappa shape index (κ3) is 5.17. The van der Waals surface area contributed by atoms with E-state index in [-0.39, 0.29) is 18.4 Å². The number of likely N-dealkylation sites (N-methyl/N-ethyl adjacent to an activating group) is 1. The summed E-state index contributed by atoms with van der Waals surface area (Å²) in [5, 5.41) is 9.89. The highest BCUT2D eigenvalue weighted by Gasteiger charge is 2.13. The molecule has 0 bridgehead atoms. The fraction of sp³-hybridized carbons (Fsp3) is 0.238. The Balaban J connectivity index is 1.70. The summed E-state index contributed by atoms with van der Waals surface area (Å²) in [6, 6.07) is 15.1. The Bertz CT molecular complexity index is 1080. The summed E-state index contributed by atoms with van der Waals surface area (Å²) >= 11 is 5.30. The summed E-state index contributed by atoms with van der Waals surface area (Å²) < 4.78 is 2.05. The second-order valence-corrected chi connectivity index (χ2v) is 7.40. The van der Waals surface area contributed by atoms with Gasteiger partial charge in [-0.05, 0) is 42.9 Å². The smallest absolute Gasteiger partial charge is 0.244 e. The minimum absolute atomic E-state index is 0.0276. The second-order valence-electron chi connectivity index (χ2n) is 7.02. The van der Waals surface area contributed by atoms with Crippen molar-refractivity contribution in [2.24, 2.45) is 0 Å². The topological polar surface area (TPSA) is 83.0 Å². The van der Waals surface area contributed by atoms with Crippen LogP contribution >= 0.6 is 12.2 Å². The van der Waals surface area contributed by atoms with Crippen LogP contribution in [0, 0.1) is 11.7 Å². The first-order valence-corrected chi connectivity index (χ1v) is 9.55. The molecule has 2 N–H and O–H groups in total. The van der Waals surface area contributed by atoms with E-state index in [0.29, 0.717) is 22.7 Å². The molecule has 0 saturated carbocycles. The van der Waals surface area contributed by atoms with Gasteiger partial charge in [0.15, 0.2) is 10.6 Å². The van der Waals surface area contributed by atoms with Crippen molar-refractivity contribution >= 4 is 29.7 Å². The number of aromatic nitrogens is 3. The number of aryl methyl sites for hydroxylation is 1. The zero-order valence-corrected chi connectivity index (χ0v) is 17.4. The van der Waals surface area contributed by atoms with Crippen molar-refractivity contribution in [3.05, 3.63) is 64.4 Å². The normalized spacial score (nSPS) is 10.6. The SMILES string of the molecule is Cc1cccc(-c2n[nH]c(=S)n2CC(=O)Nc2ccc(CC(=O)N(C)C)cc2)c1. The third-order valence-corrected chi connectivity index (χ3v) is 4.74. The Morgan fingerprint density at radius 1 is 1.17 bits per heavy atom. The van der Waals surface area contributed by atoms with Gasteiger partial charge in [0.2, 0.25) is 11.8 Å². The molecular weight excluding hydrogens is 386 g/mol. The average Bonchev–Trinajstić information content (AvgIpc) is 3.03. The number of H-pyrrole nitrogens is 1. The number of nitrogens with zero attached hydrogens (tertiary/aromatic N) is 3. The van der Waals surface area contributed by atoms with Crippen LogP contribution in [0.2, 0.25) is 0 Å². The maximum Gasteiger partial charge on any atom is 0.244 e. The van der Waals surface area contributed by atoms with Crippen molar-refractivity contribution in [3.8, 4) is 11.4 Å². The lowest BCUT2D eigenvalue weighted by Gasteiger charge is -2.11. The quantitative estimate of drug-likeness (QED) is 0.613. The number of anilines is 1. The molecule has 0 aliphatic heterocycles. The lowest BCUT2D eigenvalue weighted by Crippen LogP contribution is -2.23. The van der Waals surface area contributed by atoms with Crippen molar-refractivity contribution in [1.82, 2.24) is 19.7 Å². The number of carbonyl (C=O) groups excluding carboxylic acids is 2. The first-order chi connectivity index (χ1) is 13.8. The van der Waals surface area contributed by atoms with E-state index in [1.807, 2.05) is 43.3 Å². The molecule has 0 aliphatic carbocycles. The molecule has 3 aromatic rings. The van der Waals surface area contributed by atoms with Gasteiger partial charge in [-0.15, -0.1) is 0 Å². The van der Waals surface area contributed by atoms with E-state index < -0.39 is 0 Å². The fourth-order valence-corrected chi connectivity index (χ4v) is 3.05. The van der Waals surface area contributed by atoms with Crippen LogP contribution in [0.15, 0.2) is 48.5 Å². The molecule has 150 valence electrons. The number of carbonyl (C=O) groups is 2. The average molecular weight is 410 g/mol. The zero-order chi connectivity index (χ0) is 21.0. The van der Waals surface area contributed by atoms with Crippen LogP contribution in [-0.2, 0) is 22.6 Å². The molecule has 3 rings (SSSR count). The second kappa shape index (κ2) is 8.83. The van der Waals surface area contributed by atoms with E-state index in [1.54, 1.807) is 35.7 Å². The van der Waals surface area contributed by atoms with Gasteiger partial charge in [0.25, 0.3) is 0 Å². The molecule has 0 fully saturated rings. The van der Waals surface area contributed by atoms with Crippen molar-refractivity contribution in [2.75, 3.05) is 19.4 Å². The van der Waals surface area contributed by atoms with E-state index in [2.05, 4.69) is 15.5 Å². The molecule has 8 heteroatoms. The highest BCUT2D eigenvalue weighted by molar-refractivity contribution is 7.71. The summed E-state index contributed by atoms with van der Waals surface area (Å²) in [4.78, 5) is 25.9. The van der Waals surface area contributed by atoms with Crippen molar-refractivity contribution in [3.63, 3.8) is 0 Å². The van der Waals surface area contributed by atoms with Gasteiger partial charge in [0.05, 0.1) is 6.42 Å². The number of nitrogens with one attached hydrogen (secondary N) is 2. The molecule has 0 unspecified atom stereocenters. The molecule has 2 aromatic carbocycles. The van der Waals surface area contributed by atoms with Crippen LogP contribution in [0.3, 0.4) is 0 Å². The maximum absolute atomic E-state index is 12.6. The van der Waals surface area contributed by atoms with Gasteiger partial charge >= 0.3 is 0 Å². The van der Waals surface area contributed by atoms with Crippen LogP contribution in [0.1, 0.15) is 11.1 Å². The summed E-state index contributed by atoms with van der Waals surface area (Å²) in [5.41, 5.74) is 3.53. The van der Waals surface area contributed by atoms with Gasteiger partial charge < -0.3 is 10.2 Å². The maximum atomic E-state index is 12.6. The zero-order valence-electron chi connectivity index (χ0n) is 16.6. The predicted octanol–water partition coefficient (Wildman–Crippen LogP) is 3.19. The Hall–Kier alpha value is -3.26. The lowest BCUT2D eigenvalue weighted by molar-refractivity contribution is -0.128. The first-order valence-electron chi connectivity index (χ1n) is 9.14. The molecule has 0 saturated heterocycles. The lowest BCUT2D eigenvalue weighted by atomic mass is 10.1. The molecule has 2 amide bonds. The van der Waals surface area contributed by atoms with Crippen LogP contribution in [0.25, 0.3) is 11.4 Å². The van der Waals surface area contributed by atoms with Crippen molar-refractivity contribution < 1.29 is 9.59 Å². The summed E-state index contributed by atoms with van der Waals surface area (Å²) in [7, 11) is 3.45. The van der Waals surface area contributed by atoms with Gasteiger partial charge in [-0.1, -0.05) is 35.9 Å². The van der Waals surface area contributed by atoms with Gasteiger partial charge in [0.1, 0.15) is 6.54 Å². The number of rotatable bonds is 6. The number of hydrogen-bond donors (Lipinski definition) is 2. The third-order valence-electron chi connectivity index (χ3n) is 4.43. The number of hydrogen-bond acceptors (Lipinski definition) is 4. The fourth-order valence-electron chi connectivity index (χ4n) is 2.85. The molecule has 1 heterocycles. The van der Waals surface area contributed by atoms with Gasteiger partial charge in [-0.3, -0.25) is 19.3 Å². The van der Waals surface area contributed by atoms with E-state index >= 15 is 0 Å². The minimum atomic E-state index is -0.214. The molecule has 0 radical (unpaired) electrons. The summed E-state index contributed by atoms with van der Waals surface area (Å²) in [5.74, 6) is 0.430. The monoisotopic (exact) mass is 409 g/mol. The Labute approximate surface area is 174 Å². The molecule has 29 heavy (non-hydrogen) atoms. The van der Waals surface area contributed by atoms with Crippen LogP contribution in [0.5, 0.6) is 0 Å². The van der Waals surface area contributed by atoms with E-state index in [1.165, 1.54) is 0 Å². The van der Waals surface area contributed by atoms with Gasteiger partial charge in [-0.25, -0.2) is 0 Å². The molecule has 1 aromatic heterocycles. The Morgan fingerprint density at radius 3 is 2.55 bits per heavy atom. The Morgan fingerprint density at radius 2 is 1.90 bits per heavy atom. The number of benzene rings is 2. The van der Waals surface area contributed by atoms with Gasteiger partial charge in [0, 0.05) is 25.3 Å². The largest absolute Gasteiger partial charge is 0.349 e. The standard InChI is InChI=1S/C21H23N5O2S/c1-14-5-4-6-16(11-14)20-23-24-21(29)26(20)13-18(27)22-17-9-7-15(8-10-17)12-19(28)25(2)3/h4-11H,12-13H2,1-3H3,(H,22,27)(H,24,29). The highest BCUT2D eigenvalue weighted by Crippen LogP contribution is 2.19. The predicted molar refractivity (Wildman–Crippen MR) is 115 cm³/mol. The number of amides is 2. The number of aromatic amines is 1. The minimum Gasteiger partial charge on any atom is -0.349 e. The highest BCUT2D eigenvalue weighted by atomic mass is 32.1. The molecule has 0 atom stereocenters. The van der Waals surface area contributed by atoms with Gasteiger partial charge in [-0.2, -0.15) is 5.10 Å². The Kier molecular flexibility index (Phi) is 6.23. The molecular formula is C21H23N5O2S. The molecule has 0 aliphatic rings. The van der Waals surface area contributed by atoms with Crippen LogP contribution < -0.4 is 5.32 Å². The van der Waals surface area contributed by atoms with E-state index in [4.69, 9.17) is 12.2 Å². The summed E-state index contributed by atoms with van der Waals surface area (Å²) in [6.45, 7) is 2.04. The van der Waals surface area contributed by atoms with E-state index in [9.17, 15) is 9.59 Å². The summed E-state index contributed by atoms with van der Waals surface area (Å²) in [6.07, 6.45) is 0.325. The van der Waals surface area contributed by atoms with Crippen LogP contribution in [0.4, 0.5) is 5.69 Å². The van der Waals surface area contributed by atoms with Crippen molar-refractivity contribution in [2.45, 2.75) is 19.9 Å². The molecule has 0 spiro atoms. The molecule has 7 nitrogen and oxygen atoms in total. The van der Waals surface area contributed by atoms with Crippen LogP contribution in [-0.4, -0.2) is 45.6 Å². The first kappa shape index (κ1) is 20.5. The van der Waals surface area contributed by atoms with E-state index in [0.717, 1.165) is 16.7 Å².